The fourth-order valence-electron chi connectivity index (χ4n) is 1.90. The number of aliphatic hydroxyl groups is 1. The van der Waals surface area contributed by atoms with Gasteiger partial charge in [-0.05, 0) is 24.1 Å². The Bertz CT molecular complexity index is 408. The van der Waals surface area contributed by atoms with E-state index in [9.17, 15) is 4.79 Å². The molecule has 1 saturated heterocycles. The van der Waals surface area contributed by atoms with Crippen LogP contribution in [0.3, 0.4) is 0 Å². The molecule has 0 radical (unpaired) electrons. The number of benzene rings is 1. The Labute approximate surface area is 100 Å². The first-order valence-corrected chi connectivity index (χ1v) is 5.74. The normalized spacial score (nSPS) is 17.1. The number of anilines is 1. The third kappa shape index (κ3) is 2.75. The van der Waals surface area contributed by atoms with Crippen LogP contribution < -0.4 is 16.2 Å². The van der Waals surface area contributed by atoms with E-state index in [2.05, 4.69) is 5.43 Å². The monoisotopic (exact) mass is 235 g/mol. The van der Waals surface area contributed by atoms with Crippen LogP contribution in [0.5, 0.6) is 0 Å². The summed E-state index contributed by atoms with van der Waals surface area (Å²) in [5.74, 6) is 0.0371. The van der Waals surface area contributed by atoms with Crippen molar-refractivity contribution in [3.63, 3.8) is 0 Å². The lowest BCUT2D eigenvalue weighted by molar-refractivity contribution is -0.119. The average Bonchev–Trinajstić information content (AvgIpc) is 2.76. The first kappa shape index (κ1) is 11.9. The zero-order chi connectivity index (χ0) is 12.3. The molecule has 0 bridgehead atoms. The molecule has 1 aromatic rings. The van der Waals surface area contributed by atoms with Gasteiger partial charge < -0.3 is 10.8 Å². The lowest BCUT2D eigenvalue weighted by Gasteiger charge is -2.19. The summed E-state index contributed by atoms with van der Waals surface area (Å²) in [5.41, 5.74) is 10.6. The second-order valence-corrected chi connectivity index (χ2v) is 4.15. The van der Waals surface area contributed by atoms with Gasteiger partial charge in [0.05, 0.1) is 5.69 Å². The lowest BCUT2D eigenvalue weighted by Crippen LogP contribution is -2.33. The molecule has 1 aromatic carbocycles. The summed E-state index contributed by atoms with van der Waals surface area (Å²) in [6, 6.07) is 7.55. The molecule has 0 aliphatic carbocycles. The van der Waals surface area contributed by atoms with Crippen LogP contribution in [0.4, 0.5) is 5.69 Å². The van der Waals surface area contributed by atoms with E-state index in [1.165, 1.54) is 0 Å². The van der Waals surface area contributed by atoms with Crippen LogP contribution in [0.25, 0.3) is 0 Å². The van der Waals surface area contributed by atoms with Crippen LogP contribution in [0, 0.1) is 0 Å². The summed E-state index contributed by atoms with van der Waals surface area (Å²) >= 11 is 0. The summed E-state index contributed by atoms with van der Waals surface area (Å²) in [4.78, 5) is 11.1. The highest BCUT2D eigenvalue weighted by atomic mass is 16.3. The van der Waals surface area contributed by atoms with E-state index >= 15 is 0 Å². The van der Waals surface area contributed by atoms with E-state index < -0.39 is 0 Å². The minimum Gasteiger partial charge on any atom is -0.396 e. The highest BCUT2D eigenvalue weighted by molar-refractivity contribution is 5.81. The molecular formula is C12H17N3O2. The topological polar surface area (TPSA) is 78.6 Å². The number of carbonyl (C=O) groups is 1. The van der Waals surface area contributed by atoms with Crippen molar-refractivity contribution in [3.8, 4) is 0 Å². The number of nitrogens with zero attached hydrogens (tertiary/aromatic N) is 1. The van der Waals surface area contributed by atoms with E-state index in [-0.39, 0.29) is 18.6 Å². The van der Waals surface area contributed by atoms with Gasteiger partial charge >= 0.3 is 0 Å². The molecule has 5 heteroatoms. The Kier molecular flexibility index (Phi) is 3.61. The molecule has 1 aliphatic rings. The van der Waals surface area contributed by atoms with Crippen LogP contribution in [0.1, 0.15) is 24.4 Å². The van der Waals surface area contributed by atoms with Crippen LogP contribution in [0.2, 0.25) is 0 Å². The van der Waals surface area contributed by atoms with Gasteiger partial charge in [0.2, 0.25) is 5.91 Å². The van der Waals surface area contributed by atoms with Crippen LogP contribution in [-0.4, -0.2) is 24.2 Å². The average molecular weight is 235 g/mol. The van der Waals surface area contributed by atoms with E-state index in [1.807, 2.05) is 29.3 Å². The summed E-state index contributed by atoms with van der Waals surface area (Å²) in [7, 11) is 0. The van der Waals surface area contributed by atoms with E-state index in [1.54, 1.807) is 0 Å². The van der Waals surface area contributed by atoms with Crippen molar-refractivity contribution in [2.24, 2.45) is 5.73 Å². The van der Waals surface area contributed by atoms with Crippen LogP contribution in [0.15, 0.2) is 24.3 Å². The van der Waals surface area contributed by atoms with Gasteiger partial charge in [0.15, 0.2) is 0 Å². The Hall–Kier alpha value is -1.59. The van der Waals surface area contributed by atoms with Gasteiger partial charge in [-0.3, -0.25) is 15.2 Å². The number of rotatable bonds is 4. The standard InChI is InChI=1S/C12H17N3O2/c13-11(5-7-16)9-2-1-3-10(8-9)15-6-4-12(17)14-15/h1-3,8,11,16H,4-7,13H2,(H,14,17). The number of hydrazine groups is 1. The van der Waals surface area contributed by atoms with Gasteiger partial charge in [0, 0.05) is 25.6 Å². The molecule has 0 saturated carbocycles. The Morgan fingerprint density at radius 2 is 2.35 bits per heavy atom. The van der Waals surface area contributed by atoms with Crippen molar-refractivity contribution in [2.75, 3.05) is 18.2 Å². The second-order valence-electron chi connectivity index (χ2n) is 4.15. The second kappa shape index (κ2) is 5.16. The SMILES string of the molecule is NC(CCO)c1cccc(N2CCC(=O)N2)c1. The summed E-state index contributed by atoms with van der Waals surface area (Å²) < 4.78 is 0. The summed E-state index contributed by atoms with van der Waals surface area (Å²) in [5, 5.41) is 10.7. The minimum atomic E-state index is -0.168. The van der Waals surface area contributed by atoms with E-state index in [0.717, 1.165) is 11.3 Å². The maximum atomic E-state index is 11.1. The molecule has 1 unspecified atom stereocenters. The van der Waals surface area contributed by atoms with Gasteiger partial charge in [-0.2, -0.15) is 0 Å². The molecule has 0 spiro atoms. The molecule has 0 aromatic heterocycles. The molecular weight excluding hydrogens is 218 g/mol. The highest BCUT2D eigenvalue weighted by Crippen LogP contribution is 2.21. The largest absolute Gasteiger partial charge is 0.396 e. The van der Waals surface area contributed by atoms with Crippen LogP contribution >= 0.6 is 0 Å². The number of carbonyl (C=O) groups excluding carboxylic acids is 1. The van der Waals surface area contributed by atoms with Gasteiger partial charge in [0.1, 0.15) is 0 Å². The summed E-state index contributed by atoms with van der Waals surface area (Å²) in [6.07, 6.45) is 1.06. The molecule has 4 N–H and O–H groups in total. The number of aliphatic hydroxyl groups excluding tert-OH is 1. The van der Waals surface area contributed by atoms with Crippen molar-refractivity contribution in [2.45, 2.75) is 18.9 Å². The predicted octanol–water partition coefficient (Wildman–Crippen LogP) is 0.310. The molecule has 1 atom stereocenters. The highest BCUT2D eigenvalue weighted by Gasteiger charge is 2.19. The first-order chi connectivity index (χ1) is 8.20. The third-order valence-electron chi connectivity index (χ3n) is 2.87. The van der Waals surface area contributed by atoms with Crippen molar-refractivity contribution in [3.05, 3.63) is 29.8 Å². The lowest BCUT2D eigenvalue weighted by atomic mass is 10.0. The Balaban J connectivity index is 2.13. The predicted molar refractivity (Wildman–Crippen MR) is 65.2 cm³/mol. The minimum absolute atomic E-state index is 0.0371. The van der Waals surface area contributed by atoms with Crippen LogP contribution in [-0.2, 0) is 4.79 Å². The molecule has 1 aliphatic heterocycles. The Morgan fingerprint density at radius 3 is 3.00 bits per heavy atom. The third-order valence-corrected chi connectivity index (χ3v) is 2.87. The maximum absolute atomic E-state index is 11.1. The van der Waals surface area contributed by atoms with Gasteiger partial charge in [-0.15, -0.1) is 0 Å². The molecule has 5 nitrogen and oxygen atoms in total. The zero-order valence-corrected chi connectivity index (χ0v) is 9.60. The van der Waals surface area contributed by atoms with E-state index in [4.69, 9.17) is 10.8 Å². The Morgan fingerprint density at radius 1 is 1.53 bits per heavy atom. The maximum Gasteiger partial charge on any atom is 0.240 e. The number of amides is 1. The molecule has 1 heterocycles. The fraction of sp³-hybridized carbons (Fsp3) is 0.417. The smallest absolute Gasteiger partial charge is 0.240 e. The number of hydrogen-bond acceptors (Lipinski definition) is 4. The number of hydrogen-bond donors (Lipinski definition) is 3. The molecule has 92 valence electrons. The molecule has 17 heavy (non-hydrogen) atoms. The van der Waals surface area contributed by atoms with Crippen molar-refractivity contribution in [1.29, 1.82) is 0 Å². The number of nitrogens with one attached hydrogen (secondary N) is 1. The van der Waals surface area contributed by atoms with Gasteiger partial charge in [-0.25, -0.2) is 0 Å². The van der Waals surface area contributed by atoms with Crippen molar-refractivity contribution in [1.82, 2.24) is 5.43 Å². The fourth-order valence-corrected chi connectivity index (χ4v) is 1.90. The molecule has 2 rings (SSSR count). The van der Waals surface area contributed by atoms with Crippen molar-refractivity contribution >= 4 is 11.6 Å². The number of nitrogens with two attached hydrogens (primary N) is 1. The zero-order valence-electron chi connectivity index (χ0n) is 9.60. The van der Waals surface area contributed by atoms with E-state index in [0.29, 0.717) is 19.4 Å². The quantitative estimate of drug-likeness (QED) is 0.702. The first-order valence-electron chi connectivity index (χ1n) is 5.74. The van der Waals surface area contributed by atoms with Crippen molar-refractivity contribution < 1.29 is 9.90 Å². The molecule has 1 fully saturated rings. The van der Waals surface area contributed by atoms with Gasteiger partial charge in [-0.1, -0.05) is 12.1 Å². The molecule has 1 amide bonds. The summed E-state index contributed by atoms with van der Waals surface area (Å²) in [6.45, 7) is 0.753. The van der Waals surface area contributed by atoms with Gasteiger partial charge in [0.25, 0.3) is 0 Å².